The lowest BCUT2D eigenvalue weighted by atomic mass is 9.98. The van der Waals surface area contributed by atoms with E-state index < -0.39 is 0 Å². The van der Waals surface area contributed by atoms with E-state index in [1.807, 2.05) is 18.6 Å². The van der Waals surface area contributed by atoms with Gasteiger partial charge in [0, 0.05) is 52.2 Å². The first-order valence-corrected chi connectivity index (χ1v) is 13.1. The SMILES string of the molecule is CC(C)c1nc2c3cnccc3c3cc(-c4cc5ccc6c(c5s4)OCC4=C6CC=N4)ccc3c2[nH]1. The molecule has 0 atom stereocenters. The van der Waals surface area contributed by atoms with Crippen LogP contribution in [-0.2, 0) is 0 Å². The maximum atomic E-state index is 6.22. The zero-order valence-electron chi connectivity index (χ0n) is 19.9. The number of hydrogen-bond donors (Lipinski definition) is 1. The van der Waals surface area contributed by atoms with Crippen LogP contribution >= 0.6 is 11.3 Å². The molecule has 5 heterocycles. The molecule has 1 N–H and O–H groups in total. The topological polar surface area (TPSA) is 63.2 Å². The number of hydrogen-bond acceptors (Lipinski definition) is 5. The Bertz CT molecular complexity index is 1960. The van der Waals surface area contributed by atoms with E-state index in [0.717, 1.165) is 40.1 Å². The highest BCUT2D eigenvalue weighted by molar-refractivity contribution is 7.22. The fraction of sp³-hybridized carbons (Fsp3) is 0.167. The maximum Gasteiger partial charge on any atom is 0.145 e. The van der Waals surface area contributed by atoms with Gasteiger partial charge in [-0.05, 0) is 45.5 Å². The largest absolute Gasteiger partial charge is 0.485 e. The van der Waals surface area contributed by atoms with E-state index in [2.05, 4.69) is 71.3 Å². The predicted molar refractivity (Wildman–Crippen MR) is 149 cm³/mol. The van der Waals surface area contributed by atoms with E-state index in [4.69, 9.17) is 9.72 Å². The minimum absolute atomic E-state index is 0.327. The third-order valence-corrected chi connectivity index (χ3v) is 8.62. The predicted octanol–water partition coefficient (Wildman–Crippen LogP) is 7.85. The Morgan fingerprint density at radius 2 is 1.94 bits per heavy atom. The van der Waals surface area contributed by atoms with Crippen molar-refractivity contribution in [2.24, 2.45) is 4.99 Å². The standard InChI is InChI=1S/C30H22N4OS/c1-15(2)30-33-26-20-5-3-16(11-22(20)18-7-9-31-13-23(18)27(26)34-30)25-12-17-4-6-21-19-8-10-32-24(19)14-35-28(21)29(17)36-25/h3-7,9-13,15H,8,14H2,1-2H3,(H,33,34). The molecular formula is C30H22N4OS. The second-order valence-electron chi connectivity index (χ2n) is 9.88. The number of aromatic nitrogens is 3. The second-order valence-corrected chi connectivity index (χ2v) is 10.9. The number of benzene rings is 3. The van der Waals surface area contributed by atoms with Gasteiger partial charge < -0.3 is 9.72 Å². The molecule has 0 unspecified atom stereocenters. The van der Waals surface area contributed by atoms with Crippen molar-refractivity contribution in [2.75, 3.05) is 6.61 Å². The van der Waals surface area contributed by atoms with Crippen molar-refractivity contribution in [1.82, 2.24) is 15.0 Å². The lowest BCUT2D eigenvalue weighted by Gasteiger charge is -2.19. The van der Waals surface area contributed by atoms with Crippen molar-refractivity contribution >= 4 is 65.8 Å². The number of thiophene rings is 1. The minimum Gasteiger partial charge on any atom is -0.485 e. The van der Waals surface area contributed by atoms with E-state index in [0.29, 0.717) is 12.5 Å². The Kier molecular flexibility index (Phi) is 4.06. The first kappa shape index (κ1) is 20.2. The molecule has 0 saturated carbocycles. The Balaban J connectivity index is 1.35. The number of aromatic amines is 1. The summed E-state index contributed by atoms with van der Waals surface area (Å²) < 4.78 is 7.43. The van der Waals surface area contributed by atoms with E-state index in [1.54, 1.807) is 11.3 Å². The summed E-state index contributed by atoms with van der Waals surface area (Å²) in [5.74, 6) is 2.34. The van der Waals surface area contributed by atoms with Gasteiger partial charge in [0.1, 0.15) is 18.2 Å². The summed E-state index contributed by atoms with van der Waals surface area (Å²) in [6, 6.07) is 15.6. The number of nitrogens with one attached hydrogen (secondary N) is 1. The van der Waals surface area contributed by atoms with E-state index in [9.17, 15) is 0 Å². The van der Waals surface area contributed by atoms with Gasteiger partial charge in [0.15, 0.2) is 0 Å². The van der Waals surface area contributed by atoms with Crippen LogP contribution in [-0.4, -0.2) is 27.8 Å². The first-order valence-electron chi connectivity index (χ1n) is 12.3. The van der Waals surface area contributed by atoms with Gasteiger partial charge in [0.25, 0.3) is 0 Å². The molecule has 3 aromatic heterocycles. The Morgan fingerprint density at radius 3 is 2.86 bits per heavy atom. The van der Waals surface area contributed by atoms with Gasteiger partial charge in [0.2, 0.25) is 0 Å². The maximum absolute atomic E-state index is 6.22. The van der Waals surface area contributed by atoms with Crippen molar-refractivity contribution in [3.05, 3.63) is 71.9 Å². The summed E-state index contributed by atoms with van der Waals surface area (Å²) in [6.45, 7) is 4.89. The smallest absolute Gasteiger partial charge is 0.145 e. The number of ether oxygens (including phenoxy) is 1. The number of rotatable bonds is 2. The van der Waals surface area contributed by atoms with Crippen LogP contribution in [0.3, 0.4) is 0 Å². The van der Waals surface area contributed by atoms with Gasteiger partial charge >= 0.3 is 0 Å². The summed E-state index contributed by atoms with van der Waals surface area (Å²) in [5, 5.41) is 5.89. The molecule has 174 valence electrons. The fourth-order valence-corrected chi connectivity index (χ4v) is 6.74. The highest BCUT2D eigenvalue weighted by Crippen LogP contribution is 2.47. The third-order valence-electron chi connectivity index (χ3n) is 7.42. The van der Waals surface area contributed by atoms with Gasteiger partial charge in [0.05, 0.1) is 21.4 Å². The number of fused-ring (bicyclic) bond motifs is 10. The molecule has 0 amide bonds. The zero-order chi connectivity index (χ0) is 24.0. The van der Waals surface area contributed by atoms with Gasteiger partial charge in [-0.15, -0.1) is 11.3 Å². The summed E-state index contributed by atoms with van der Waals surface area (Å²) in [7, 11) is 0. The highest BCUT2D eigenvalue weighted by atomic mass is 32.1. The highest BCUT2D eigenvalue weighted by Gasteiger charge is 2.25. The number of allylic oxidation sites excluding steroid dienone is 1. The van der Waals surface area contributed by atoms with Crippen molar-refractivity contribution in [2.45, 2.75) is 26.2 Å². The monoisotopic (exact) mass is 486 g/mol. The summed E-state index contributed by atoms with van der Waals surface area (Å²) in [4.78, 5) is 18.7. The summed E-state index contributed by atoms with van der Waals surface area (Å²) >= 11 is 1.80. The van der Waals surface area contributed by atoms with Crippen LogP contribution in [0.1, 0.15) is 37.6 Å². The van der Waals surface area contributed by atoms with E-state index in [-0.39, 0.29) is 0 Å². The quantitative estimate of drug-likeness (QED) is 0.254. The lowest BCUT2D eigenvalue weighted by molar-refractivity contribution is 0.350. The molecule has 0 spiro atoms. The van der Waals surface area contributed by atoms with Crippen LogP contribution in [0.25, 0.3) is 58.7 Å². The van der Waals surface area contributed by atoms with Crippen LogP contribution in [0.15, 0.2) is 65.5 Å². The molecule has 6 heteroatoms. The summed E-state index contributed by atoms with van der Waals surface area (Å²) in [5.41, 5.74) is 6.86. The average Bonchev–Trinajstić information content (AvgIpc) is 3.66. The number of aliphatic imine (C=N–C) groups is 1. The molecule has 36 heavy (non-hydrogen) atoms. The molecule has 0 bridgehead atoms. The third kappa shape index (κ3) is 2.73. The summed E-state index contributed by atoms with van der Waals surface area (Å²) in [6.07, 6.45) is 6.69. The minimum atomic E-state index is 0.327. The molecule has 2 aliphatic rings. The molecule has 2 aliphatic heterocycles. The van der Waals surface area contributed by atoms with Crippen molar-refractivity contribution < 1.29 is 4.74 Å². The molecule has 0 fully saturated rings. The Hall–Kier alpha value is -4.03. The van der Waals surface area contributed by atoms with Crippen molar-refractivity contribution in [3.63, 3.8) is 0 Å². The van der Waals surface area contributed by atoms with Gasteiger partial charge in [-0.1, -0.05) is 38.1 Å². The second kappa shape index (κ2) is 7.24. The number of pyridine rings is 1. The number of nitrogens with zero attached hydrogens (tertiary/aromatic N) is 3. The Labute approximate surface area is 211 Å². The molecule has 6 aromatic rings. The van der Waals surface area contributed by atoms with Crippen LogP contribution in [0.4, 0.5) is 0 Å². The lowest BCUT2D eigenvalue weighted by Crippen LogP contribution is -2.08. The molecule has 0 radical (unpaired) electrons. The van der Waals surface area contributed by atoms with Crippen molar-refractivity contribution in [1.29, 1.82) is 0 Å². The van der Waals surface area contributed by atoms with E-state index in [1.165, 1.54) is 47.8 Å². The average molecular weight is 487 g/mol. The van der Waals surface area contributed by atoms with Crippen LogP contribution in [0, 0.1) is 0 Å². The fourth-order valence-electron chi connectivity index (χ4n) is 5.59. The molecule has 0 aliphatic carbocycles. The van der Waals surface area contributed by atoms with Crippen LogP contribution < -0.4 is 4.74 Å². The van der Waals surface area contributed by atoms with Gasteiger partial charge in [-0.25, -0.2) is 4.98 Å². The molecule has 8 rings (SSSR count). The van der Waals surface area contributed by atoms with Crippen LogP contribution in [0.5, 0.6) is 5.75 Å². The molecule has 3 aromatic carbocycles. The first-order chi connectivity index (χ1) is 17.7. The Morgan fingerprint density at radius 1 is 1.00 bits per heavy atom. The molecule has 0 saturated heterocycles. The molecule has 5 nitrogen and oxygen atoms in total. The van der Waals surface area contributed by atoms with Crippen LogP contribution in [0.2, 0.25) is 0 Å². The van der Waals surface area contributed by atoms with E-state index >= 15 is 0 Å². The number of H-pyrrole nitrogens is 1. The zero-order valence-corrected chi connectivity index (χ0v) is 20.7. The number of imidazole rings is 1. The van der Waals surface area contributed by atoms with Crippen molar-refractivity contribution in [3.8, 4) is 16.2 Å². The van der Waals surface area contributed by atoms with Gasteiger partial charge in [-0.3, -0.25) is 9.98 Å². The van der Waals surface area contributed by atoms with Gasteiger partial charge in [-0.2, -0.15) is 0 Å². The molecular weight excluding hydrogens is 464 g/mol. The normalized spacial score (nSPS) is 15.0.